The maximum absolute atomic E-state index is 5.32. The Morgan fingerprint density at radius 2 is 1.30 bits per heavy atom. The van der Waals surface area contributed by atoms with E-state index in [9.17, 15) is 0 Å². The highest BCUT2D eigenvalue weighted by molar-refractivity contribution is 8.76. The van der Waals surface area contributed by atoms with E-state index in [1.807, 2.05) is 18.2 Å². The summed E-state index contributed by atoms with van der Waals surface area (Å²) in [6, 6.07) is 12.5. The highest BCUT2D eigenvalue weighted by Crippen LogP contribution is 2.41. The second-order valence-electron chi connectivity index (χ2n) is 4.43. The topological polar surface area (TPSA) is 18.5 Å². The van der Waals surface area contributed by atoms with Crippen molar-refractivity contribution in [1.29, 1.82) is 0 Å². The molecule has 0 aliphatic rings. The van der Waals surface area contributed by atoms with Crippen LogP contribution < -0.4 is 9.47 Å². The molecule has 2 nitrogen and oxygen atoms in total. The molecule has 0 saturated heterocycles. The quantitative estimate of drug-likeness (QED) is 0.713. The second-order valence-corrected chi connectivity index (χ2v) is 6.71. The van der Waals surface area contributed by atoms with Crippen molar-refractivity contribution < 1.29 is 9.47 Å². The molecule has 0 heterocycles. The summed E-state index contributed by atoms with van der Waals surface area (Å²) in [5, 5.41) is 0. The smallest absolute Gasteiger partial charge is 0.161 e. The summed E-state index contributed by atoms with van der Waals surface area (Å²) in [6.07, 6.45) is 0. The molecule has 0 radical (unpaired) electrons. The molecular formula is C16H18O2S2. The van der Waals surface area contributed by atoms with Gasteiger partial charge in [0.25, 0.3) is 0 Å². The average Bonchev–Trinajstić information content (AvgIpc) is 2.48. The predicted molar refractivity (Wildman–Crippen MR) is 87.2 cm³/mol. The first-order valence-electron chi connectivity index (χ1n) is 6.28. The fourth-order valence-electron chi connectivity index (χ4n) is 1.73. The lowest BCUT2D eigenvalue weighted by atomic mass is 10.1. The van der Waals surface area contributed by atoms with Gasteiger partial charge in [-0.3, -0.25) is 0 Å². The summed E-state index contributed by atoms with van der Waals surface area (Å²) < 4.78 is 10.6. The Bertz CT molecular complexity index is 597. The van der Waals surface area contributed by atoms with Crippen molar-refractivity contribution in [3.8, 4) is 11.5 Å². The summed E-state index contributed by atoms with van der Waals surface area (Å²) >= 11 is 0. The minimum absolute atomic E-state index is 0.757. The van der Waals surface area contributed by atoms with Gasteiger partial charge in [0.05, 0.1) is 14.2 Å². The molecule has 0 spiro atoms. The van der Waals surface area contributed by atoms with Crippen molar-refractivity contribution in [1.82, 2.24) is 0 Å². The van der Waals surface area contributed by atoms with Crippen molar-refractivity contribution >= 4 is 21.6 Å². The lowest BCUT2D eigenvalue weighted by molar-refractivity contribution is 0.354. The lowest BCUT2D eigenvalue weighted by Gasteiger charge is -2.09. The Labute approximate surface area is 128 Å². The van der Waals surface area contributed by atoms with E-state index < -0.39 is 0 Å². The van der Waals surface area contributed by atoms with Crippen LogP contribution in [0.1, 0.15) is 11.1 Å². The monoisotopic (exact) mass is 306 g/mol. The minimum atomic E-state index is 0.757. The number of ether oxygens (including phenoxy) is 2. The molecule has 0 atom stereocenters. The van der Waals surface area contributed by atoms with Crippen LogP contribution in [0, 0.1) is 13.8 Å². The van der Waals surface area contributed by atoms with Gasteiger partial charge in [0.1, 0.15) is 0 Å². The molecule has 0 bridgehead atoms. The Morgan fingerprint density at radius 1 is 0.700 bits per heavy atom. The first-order valence-corrected chi connectivity index (χ1v) is 8.43. The molecule has 2 rings (SSSR count). The molecule has 0 saturated carbocycles. The zero-order valence-electron chi connectivity index (χ0n) is 12.1. The average molecular weight is 306 g/mol. The lowest BCUT2D eigenvalue weighted by Crippen LogP contribution is -1.89. The maximum Gasteiger partial charge on any atom is 0.161 e. The van der Waals surface area contributed by atoms with Crippen LogP contribution in [-0.4, -0.2) is 14.2 Å². The molecule has 0 amide bonds. The van der Waals surface area contributed by atoms with Gasteiger partial charge in [0.2, 0.25) is 0 Å². The number of methoxy groups -OCH3 is 2. The molecule has 2 aromatic rings. The maximum atomic E-state index is 5.32. The van der Waals surface area contributed by atoms with Gasteiger partial charge >= 0.3 is 0 Å². The second kappa shape index (κ2) is 6.95. The van der Waals surface area contributed by atoms with Crippen LogP contribution in [0.5, 0.6) is 11.5 Å². The molecule has 0 aromatic heterocycles. The van der Waals surface area contributed by atoms with E-state index in [2.05, 4.69) is 32.0 Å². The van der Waals surface area contributed by atoms with Crippen molar-refractivity contribution in [2.24, 2.45) is 0 Å². The van der Waals surface area contributed by atoms with Gasteiger partial charge in [-0.25, -0.2) is 0 Å². The van der Waals surface area contributed by atoms with Gasteiger partial charge in [-0.2, -0.15) is 0 Å². The van der Waals surface area contributed by atoms with Gasteiger partial charge in [-0.15, -0.1) is 0 Å². The summed E-state index contributed by atoms with van der Waals surface area (Å²) in [4.78, 5) is 2.40. The number of aryl methyl sites for hydroxylation is 2. The normalized spacial score (nSPS) is 10.4. The van der Waals surface area contributed by atoms with E-state index in [4.69, 9.17) is 9.47 Å². The summed E-state index contributed by atoms with van der Waals surface area (Å²) in [5.41, 5.74) is 2.65. The van der Waals surface area contributed by atoms with Gasteiger partial charge < -0.3 is 9.47 Å². The largest absolute Gasteiger partial charge is 0.493 e. The third-order valence-electron chi connectivity index (χ3n) is 3.07. The standard InChI is InChI=1S/C16H18O2S2/c1-11-5-6-13(9-12(11)2)19-20-14-7-8-15(17-3)16(10-14)18-4/h5-10H,1-4H3. The molecule has 0 aliphatic heterocycles. The van der Waals surface area contributed by atoms with Crippen LogP contribution in [0.15, 0.2) is 46.2 Å². The van der Waals surface area contributed by atoms with E-state index in [1.54, 1.807) is 35.8 Å². The van der Waals surface area contributed by atoms with Crippen molar-refractivity contribution in [3.63, 3.8) is 0 Å². The summed E-state index contributed by atoms with van der Waals surface area (Å²) in [6.45, 7) is 4.27. The molecule has 0 N–H and O–H groups in total. The SMILES string of the molecule is COc1ccc(SSc2ccc(C)c(C)c2)cc1OC. The highest BCUT2D eigenvalue weighted by atomic mass is 33.1. The first-order chi connectivity index (χ1) is 9.63. The van der Waals surface area contributed by atoms with Crippen molar-refractivity contribution in [2.45, 2.75) is 23.6 Å². The Kier molecular flexibility index (Phi) is 5.26. The number of benzene rings is 2. The fourth-order valence-corrected chi connectivity index (χ4v) is 3.75. The number of hydrogen-bond acceptors (Lipinski definition) is 4. The Balaban J connectivity index is 2.08. The summed E-state index contributed by atoms with van der Waals surface area (Å²) in [5.74, 6) is 1.52. The minimum Gasteiger partial charge on any atom is -0.493 e. The van der Waals surface area contributed by atoms with E-state index in [0.29, 0.717) is 0 Å². The molecule has 2 aromatic carbocycles. The fraction of sp³-hybridized carbons (Fsp3) is 0.250. The van der Waals surface area contributed by atoms with Crippen LogP contribution in [0.2, 0.25) is 0 Å². The van der Waals surface area contributed by atoms with Crippen LogP contribution in [0.25, 0.3) is 0 Å². The molecule has 0 aliphatic carbocycles. The molecular weight excluding hydrogens is 288 g/mol. The van der Waals surface area contributed by atoms with E-state index in [-0.39, 0.29) is 0 Å². The van der Waals surface area contributed by atoms with Crippen LogP contribution in [0.4, 0.5) is 0 Å². The molecule has 20 heavy (non-hydrogen) atoms. The molecule has 4 heteroatoms. The van der Waals surface area contributed by atoms with Crippen molar-refractivity contribution in [3.05, 3.63) is 47.5 Å². The Morgan fingerprint density at radius 3 is 1.90 bits per heavy atom. The summed E-state index contributed by atoms with van der Waals surface area (Å²) in [7, 11) is 6.77. The molecule has 0 fully saturated rings. The van der Waals surface area contributed by atoms with Crippen LogP contribution in [-0.2, 0) is 0 Å². The van der Waals surface area contributed by atoms with E-state index in [1.165, 1.54) is 16.0 Å². The van der Waals surface area contributed by atoms with E-state index in [0.717, 1.165) is 16.4 Å². The zero-order chi connectivity index (χ0) is 14.5. The van der Waals surface area contributed by atoms with E-state index >= 15 is 0 Å². The van der Waals surface area contributed by atoms with Gasteiger partial charge in [0.15, 0.2) is 11.5 Å². The predicted octanol–water partition coefficient (Wildman–Crippen LogP) is 5.12. The highest BCUT2D eigenvalue weighted by Gasteiger charge is 2.06. The first kappa shape index (κ1) is 15.1. The van der Waals surface area contributed by atoms with Gasteiger partial charge in [-0.05, 0) is 55.3 Å². The van der Waals surface area contributed by atoms with Crippen molar-refractivity contribution in [2.75, 3.05) is 14.2 Å². The number of hydrogen-bond donors (Lipinski definition) is 0. The van der Waals surface area contributed by atoms with Crippen LogP contribution in [0.3, 0.4) is 0 Å². The molecule has 0 unspecified atom stereocenters. The molecule has 106 valence electrons. The van der Waals surface area contributed by atoms with Crippen LogP contribution >= 0.6 is 21.6 Å². The zero-order valence-corrected chi connectivity index (χ0v) is 13.7. The third-order valence-corrected chi connectivity index (χ3v) is 5.45. The Hall–Kier alpha value is -1.26. The third kappa shape index (κ3) is 3.64. The van der Waals surface area contributed by atoms with Gasteiger partial charge in [0, 0.05) is 9.79 Å². The van der Waals surface area contributed by atoms with Gasteiger partial charge in [-0.1, -0.05) is 27.7 Å². The number of rotatable bonds is 5.